The lowest BCUT2D eigenvalue weighted by Crippen LogP contribution is -2.31. The molecular weight excluding hydrogens is 194 g/mol. The predicted molar refractivity (Wildman–Crippen MR) is 65.1 cm³/mol. The fraction of sp³-hybridized carbons (Fsp3) is 1.00. The molecule has 0 amide bonds. The van der Waals surface area contributed by atoms with E-state index in [9.17, 15) is 4.21 Å². The van der Waals surface area contributed by atoms with E-state index in [4.69, 9.17) is 0 Å². The molecule has 0 saturated heterocycles. The Morgan fingerprint density at radius 2 is 1.79 bits per heavy atom. The monoisotopic (exact) mass is 219 g/mol. The third-order valence-corrected chi connectivity index (χ3v) is 4.27. The van der Waals surface area contributed by atoms with Crippen molar-refractivity contribution >= 4 is 10.8 Å². The first-order valence-electron chi connectivity index (χ1n) is 5.57. The fourth-order valence-corrected chi connectivity index (χ4v) is 3.02. The summed E-state index contributed by atoms with van der Waals surface area (Å²) in [5.74, 6) is 1.37. The molecule has 3 atom stereocenters. The third-order valence-electron chi connectivity index (χ3n) is 2.18. The molecule has 0 aromatic rings. The van der Waals surface area contributed by atoms with Crippen LogP contribution < -0.4 is 5.32 Å². The summed E-state index contributed by atoms with van der Waals surface area (Å²) in [7, 11) is -0.659. The van der Waals surface area contributed by atoms with E-state index in [0.29, 0.717) is 17.2 Å². The lowest BCUT2D eigenvalue weighted by molar-refractivity contribution is 0.522. The molecule has 0 bridgehead atoms. The molecule has 0 heterocycles. The van der Waals surface area contributed by atoms with Crippen molar-refractivity contribution in [3.63, 3.8) is 0 Å². The second-order valence-electron chi connectivity index (χ2n) is 4.45. The van der Waals surface area contributed by atoms with Gasteiger partial charge in [0.25, 0.3) is 0 Å². The highest BCUT2D eigenvalue weighted by Crippen LogP contribution is 2.08. The van der Waals surface area contributed by atoms with Crippen molar-refractivity contribution in [3.8, 4) is 0 Å². The lowest BCUT2D eigenvalue weighted by Gasteiger charge is -2.18. The van der Waals surface area contributed by atoms with E-state index in [1.807, 2.05) is 0 Å². The zero-order valence-electron chi connectivity index (χ0n) is 10.2. The first kappa shape index (κ1) is 14.1. The van der Waals surface area contributed by atoms with Crippen LogP contribution in [0.3, 0.4) is 0 Å². The highest BCUT2D eigenvalue weighted by molar-refractivity contribution is 7.85. The minimum atomic E-state index is -0.659. The molecule has 14 heavy (non-hydrogen) atoms. The third kappa shape index (κ3) is 6.55. The van der Waals surface area contributed by atoms with Crippen LogP contribution in [-0.4, -0.2) is 27.8 Å². The normalized spacial score (nSPS) is 18.1. The van der Waals surface area contributed by atoms with E-state index in [1.54, 1.807) is 0 Å². The predicted octanol–water partition coefficient (Wildman–Crippen LogP) is 2.17. The maximum atomic E-state index is 11.8. The first-order valence-corrected chi connectivity index (χ1v) is 6.96. The summed E-state index contributed by atoms with van der Waals surface area (Å²) in [5, 5.41) is 3.66. The Morgan fingerprint density at radius 1 is 1.21 bits per heavy atom. The summed E-state index contributed by atoms with van der Waals surface area (Å²) in [5.41, 5.74) is 0. The zero-order valence-corrected chi connectivity index (χ0v) is 11.0. The van der Waals surface area contributed by atoms with Crippen molar-refractivity contribution in [2.24, 2.45) is 5.92 Å². The van der Waals surface area contributed by atoms with Gasteiger partial charge in [0.2, 0.25) is 0 Å². The van der Waals surface area contributed by atoms with E-state index in [1.165, 1.54) is 0 Å². The number of rotatable bonds is 7. The van der Waals surface area contributed by atoms with Crippen LogP contribution in [0.2, 0.25) is 0 Å². The largest absolute Gasteiger partial charge is 0.314 e. The van der Waals surface area contributed by atoms with Crippen molar-refractivity contribution < 1.29 is 4.21 Å². The lowest BCUT2D eigenvalue weighted by atomic mass is 10.2. The SMILES string of the molecule is CCNC(C)CC(C)S(=O)CC(C)C. The Kier molecular flexibility index (Phi) is 7.47. The van der Waals surface area contributed by atoms with E-state index in [0.717, 1.165) is 18.7 Å². The minimum absolute atomic E-state index is 0.312. The summed E-state index contributed by atoms with van der Waals surface area (Å²) in [4.78, 5) is 0. The Bertz CT molecular complexity index is 171. The molecule has 0 aliphatic heterocycles. The van der Waals surface area contributed by atoms with Gasteiger partial charge < -0.3 is 5.32 Å². The van der Waals surface area contributed by atoms with Crippen LogP contribution in [0.25, 0.3) is 0 Å². The van der Waals surface area contributed by atoms with Gasteiger partial charge in [0.05, 0.1) is 0 Å². The number of hydrogen-bond acceptors (Lipinski definition) is 2. The van der Waals surface area contributed by atoms with E-state index in [-0.39, 0.29) is 0 Å². The molecule has 0 fully saturated rings. The second kappa shape index (κ2) is 7.41. The van der Waals surface area contributed by atoms with Crippen molar-refractivity contribution in [1.29, 1.82) is 0 Å². The summed E-state index contributed by atoms with van der Waals surface area (Å²) in [6.07, 6.45) is 1.01. The minimum Gasteiger partial charge on any atom is -0.314 e. The maximum Gasteiger partial charge on any atom is 0.0334 e. The fourth-order valence-electron chi connectivity index (χ4n) is 1.53. The summed E-state index contributed by atoms with van der Waals surface area (Å²) >= 11 is 0. The standard InChI is InChI=1S/C11H25NOS/c1-6-12-10(4)7-11(5)14(13)8-9(2)3/h9-12H,6-8H2,1-5H3. The number of nitrogens with one attached hydrogen (secondary N) is 1. The average molecular weight is 219 g/mol. The van der Waals surface area contributed by atoms with Gasteiger partial charge in [-0.05, 0) is 25.8 Å². The smallest absolute Gasteiger partial charge is 0.0334 e. The summed E-state index contributed by atoms with van der Waals surface area (Å²) in [6.45, 7) is 11.6. The number of hydrogen-bond donors (Lipinski definition) is 1. The molecule has 0 aliphatic rings. The van der Waals surface area contributed by atoms with E-state index < -0.39 is 10.8 Å². The Hall–Kier alpha value is 0.110. The summed E-state index contributed by atoms with van der Waals surface area (Å²) in [6, 6.07) is 0.478. The molecule has 0 aromatic heterocycles. The average Bonchev–Trinajstić information content (AvgIpc) is 2.02. The molecule has 0 rings (SSSR count). The van der Waals surface area contributed by atoms with Crippen LogP contribution in [0.5, 0.6) is 0 Å². The summed E-state index contributed by atoms with van der Waals surface area (Å²) < 4.78 is 11.8. The molecular formula is C11H25NOS. The van der Waals surface area contributed by atoms with Crippen LogP contribution in [0.1, 0.15) is 41.0 Å². The van der Waals surface area contributed by atoms with Gasteiger partial charge in [-0.25, -0.2) is 0 Å². The quantitative estimate of drug-likeness (QED) is 0.711. The maximum absolute atomic E-state index is 11.8. The van der Waals surface area contributed by atoms with E-state index >= 15 is 0 Å². The highest BCUT2D eigenvalue weighted by Gasteiger charge is 2.15. The van der Waals surface area contributed by atoms with Crippen LogP contribution in [-0.2, 0) is 10.8 Å². The molecule has 2 nitrogen and oxygen atoms in total. The van der Waals surface area contributed by atoms with E-state index in [2.05, 4.69) is 39.9 Å². The van der Waals surface area contributed by atoms with Crippen molar-refractivity contribution in [2.45, 2.75) is 52.3 Å². The molecule has 3 heteroatoms. The topological polar surface area (TPSA) is 29.1 Å². The van der Waals surface area contributed by atoms with Crippen LogP contribution in [0.15, 0.2) is 0 Å². The van der Waals surface area contributed by atoms with Crippen LogP contribution >= 0.6 is 0 Å². The molecule has 3 unspecified atom stereocenters. The van der Waals surface area contributed by atoms with Crippen LogP contribution in [0.4, 0.5) is 0 Å². The molecule has 0 radical (unpaired) electrons. The zero-order chi connectivity index (χ0) is 11.1. The first-order chi connectivity index (χ1) is 6.47. The van der Waals surface area contributed by atoms with Gasteiger partial charge in [-0.3, -0.25) is 4.21 Å². The van der Waals surface area contributed by atoms with Crippen molar-refractivity contribution in [2.75, 3.05) is 12.3 Å². The van der Waals surface area contributed by atoms with Crippen molar-refractivity contribution in [3.05, 3.63) is 0 Å². The van der Waals surface area contributed by atoms with Gasteiger partial charge >= 0.3 is 0 Å². The molecule has 0 saturated carbocycles. The Labute approximate surface area is 91.3 Å². The molecule has 0 aliphatic carbocycles. The second-order valence-corrected chi connectivity index (χ2v) is 6.35. The highest BCUT2D eigenvalue weighted by atomic mass is 32.2. The molecule has 86 valence electrons. The Morgan fingerprint density at radius 3 is 2.21 bits per heavy atom. The molecule has 0 spiro atoms. The Balaban J connectivity index is 3.82. The van der Waals surface area contributed by atoms with Gasteiger partial charge in [-0.1, -0.05) is 27.7 Å². The van der Waals surface area contributed by atoms with Crippen LogP contribution in [0, 0.1) is 5.92 Å². The van der Waals surface area contributed by atoms with Crippen molar-refractivity contribution in [1.82, 2.24) is 5.32 Å². The van der Waals surface area contributed by atoms with Gasteiger partial charge in [0.1, 0.15) is 0 Å². The van der Waals surface area contributed by atoms with Gasteiger partial charge in [-0.15, -0.1) is 0 Å². The van der Waals surface area contributed by atoms with Gasteiger partial charge in [-0.2, -0.15) is 0 Å². The molecule has 0 aromatic carbocycles. The van der Waals surface area contributed by atoms with Gasteiger partial charge in [0.15, 0.2) is 0 Å². The van der Waals surface area contributed by atoms with Gasteiger partial charge in [0, 0.05) is 27.8 Å². The molecule has 1 N–H and O–H groups in total.